The van der Waals surface area contributed by atoms with Gasteiger partial charge in [0.2, 0.25) is 0 Å². The fraction of sp³-hybridized carbons (Fsp3) is 0. The second kappa shape index (κ2) is 14.1. The number of hydrogen-bond acceptors (Lipinski definition) is 0. The average Bonchev–Trinajstić information content (AvgIpc) is 1.69. The quantitative estimate of drug-likeness (QED) is 0.550. The van der Waals surface area contributed by atoms with E-state index in [0.29, 0.717) is 0 Å². The molecule has 0 aliphatic carbocycles. The molecular weight excluding hydrogens is 423 g/mol. The van der Waals surface area contributed by atoms with Crippen molar-refractivity contribution < 1.29 is 0 Å². The van der Waals surface area contributed by atoms with Crippen LogP contribution in [0.1, 0.15) is 0 Å². The third-order valence-corrected chi connectivity index (χ3v) is 1.18. The number of rotatable bonds is 0. The highest BCUT2D eigenvalue weighted by molar-refractivity contribution is 8.93. The van der Waals surface area contributed by atoms with Crippen LogP contribution in [0.25, 0.3) is 0 Å². The van der Waals surface area contributed by atoms with E-state index in [1.807, 2.05) is 30.3 Å². The van der Waals surface area contributed by atoms with E-state index in [4.69, 9.17) is 0 Å². The molecule has 0 radical (unpaired) electrons. The maximum absolute atomic E-state index is 2.63. The molecule has 1 atom stereocenters. The molecule has 5 heteroatoms. The van der Waals surface area contributed by atoms with Gasteiger partial charge in [-0.05, 0) is 5.30 Å². The van der Waals surface area contributed by atoms with E-state index >= 15 is 0 Å². The van der Waals surface area contributed by atoms with Crippen LogP contribution in [0.4, 0.5) is 0 Å². The first kappa shape index (κ1) is 22.9. The van der Waals surface area contributed by atoms with Crippen LogP contribution >= 0.6 is 77.2 Å². The maximum atomic E-state index is 2.63. The third-order valence-electron chi connectivity index (χ3n) is 0.800. The molecule has 0 heterocycles. The lowest BCUT2D eigenvalue weighted by Gasteiger charge is -1.82. The first-order valence-electron chi connectivity index (χ1n) is 2.20. The van der Waals surface area contributed by atoms with Crippen molar-refractivity contribution in [3.05, 3.63) is 30.3 Å². The Morgan fingerprint density at radius 2 is 1.09 bits per heavy atom. The summed E-state index contributed by atoms with van der Waals surface area (Å²) in [5.74, 6) is 0. The lowest BCUT2D eigenvalue weighted by atomic mass is 10.4. The van der Waals surface area contributed by atoms with Crippen LogP contribution in [0.2, 0.25) is 0 Å². The molecule has 0 saturated carbocycles. The molecule has 0 aliphatic rings. The summed E-state index contributed by atoms with van der Waals surface area (Å²) in [5.41, 5.74) is 0. The third kappa shape index (κ3) is 11.6. The molecule has 1 aromatic carbocycles. The Morgan fingerprint density at radius 3 is 1.27 bits per heavy atom. The van der Waals surface area contributed by atoms with Gasteiger partial charge < -0.3 is 0 Å². The summed E-state index contributed by atoms with van der Waals surface area (Å²) in [6, 6.07) is 10.1. The van der Waals surface area contributed by atoms with Crippen molar-refractivity contribution in [1.82, 2.24) is 0 Å². The second-order valence-electron chi connectivity index (χ2n) is 1.41. The van der Waals surface area contributed by atoms with Crippen LogP contribution < -0.4 is 5.30 Å². The summed E-state index contributed by atoms with van der Waals surface area (Å²) < 4.78 is 0. The lowest BCUT2D eigenvalue weighted by Crippen LogP contribution is -1.82. The summed E-state index contributed by atoms with van der Waals surface area (Å²) in [7, 11) is 2.63. The van der Waals surface area contributed by atoms with Crippen LogP contribution in [0.5, 0.6) is 0 Å². The highest BCUT2D eigenvalue weighted by Crippen LogP contribution is 1.86. The minimum atomic E-state index is 0. The zero-order valence-electron chi connectivity index (χ0n) is 5.60. The molecule has 1 rings (SSSR count). The second-order valence-corrected chi connectivity index (χ2v) is 2.08. The van der Waals surface area contributed by atoms with Gasteiger partial charge in [-0.15, -0.1) is 77.2 Å². The van der Waals surface area contributed by atoms with Gasteiger partial charge in [-0.25, -0.2) is 0 Å². The van der Waals surface area contributed by atoms with Gasteiger partial charge in [0.25, 0.3) is 0 Å². The molecule has 1 aromatic rings. The Balaban J connectivity index is -0.0000000612. The van der Waals surface area contributed by atoms with Crippen LogP contribution in [0.15, 0.2) is 30.3 Å². The van der Waals surface area contributed by atoms with E-state index in [-0.39, 0.29) is 67.9 Å². The first-order chi connectivity index (χ1) is 3.39. The number of benzene rings is 1. The highest BCUT2D eigenvalue weighted by atomic mass is 79.9. The molecule has 0 saturated heterocycles. The Morgan fingerprint density at radius 1 is 0.727 bits per heavy atom. The van der Waals surface area contributed by atoms with Crippen molar-refractivity contribution in [2.75, 3.05) is 0 Å². The minimum absolute atomic E-state index is 0. The van der Waals surface area contributed by atoms with Gasteiger partial charge in [0.1, 0.15) is 0 Å². The van der Waals surface area contributed by atoms with E-state index in [1.165, 1.54) is 5.30 Å². The van der Waals surface area contributed by atoms with E-state index in [2.05, 4.69) is 9.24 Å². The normalized spacial score (nSPS) is 5.55. The number of hydrogen-bond donors (Lipinski definition) is 0. The zero-order valence-corrected chi connectivity index (χ0v) is 13.6. The molecule has 0 amide bonds. The molecule has 0 bridgehead atoms. The highest BCUT2D eigenvalue weighted by Gasteiger charge is 1.72. The van der Waals surface area contributed by atoms with Gasteiger partial charge in [0.05, 0.1) is 0 Å². The van der Waals surface area contributed by atoms with Gasteiger partial charge >= 0.3 is 0 Å². The first-order valence-corrected chi connectivity index (χ1v) is 2.78. The summed E-state index contributed by atoms with van der Waals surface area (Å²) >= 11 is 0. The van der Waals surface area contributed by atoms with Crippen molar-refractivity contribution in [2.45, 2.75) is 0 Å². The molecular formula is C6H11Br4P. The summed E-state index contributed by atoms with van der Waals surface area (Å²) in [6.07, 6.45) is 0. The summed E-state index contributed by atoms with van der Waals surface area (Å²) in [4.78, 5) is 0. The minimum Gasteiger partial charge on any atom is -0.114 e. The van der Waals surface area contributed by atoms with Gasteiger partial charge in [-0.3, -0.25) is 0 Å². The maximum Gasteiger partial charge on any atom is -0.0303 e. The average molecular weight is 434 g/mol. The predicted octanol–water partition coefficient (Wildman–Crippen LogP) is 3.50. The molecule has 1 unspecified atom stereocenters. The van der Waals surface area contributed by atoms with E-state index in [1.54, 1.807) is 0 Å². The Kier molecular flexibility index (Phi) is 29.4. The molecule has 0 nitrogen and oxygen atoms in total. The summed E-state index contributed by atoms with van der Waals surface area (Å²) in [6.45, 7) is 0. The SMILES string of the molecule is Br.Br.Br.Br.Pc1ccccc1. The smallest absolute Gasteiger partial charge is 0.0303 e. The lowest BCUT2D eigenvalue weighted by molar-refractivity contribution is 1.78. The molecule has 68 valence electrons. The zero-order chi connectivity index (χ0) is 5.11. The molecule has 11 heavy (non-hydrogen) atoms. The Labute approximate surface area is 112 Å². The van der Waals surface area contributed by atoms with Crippen molar-refractivity contribution in [2.24, 2.45) is 0 Å². The van der Waals surface area contributed by atoms with E-state index in [9.17, 15) is 0 Å². The fourth-order valence-corrected chi connectivity index (χ4v) is 0.675. The van der Waals surface area contributed by atoms with Crippen LogP contribution in [0.3, 0.4) is 0 Å². The molecule has 0 spiro atoms. The van der Waals surface area contributed by atoms with Crippen LogP contribution in [-0.2, 0) is 0 Å². The van der Waals surface area contributed by atoms with Crippen molar-refractivity contribution >= 4 is 82.5 Å². The summed E-state index contributed by atoms with van der Waals surface area (Å²) in [5, 5.41) is 1.24. The molecule has 0 aromatic heterocycles. The topological polar surface area (TPSA) is 0 Å². The molecule has 0 fully saturated rings. The van der Waals surface area contributed by atoms with E-state index in [0.717, 1.165) is 0 Å². The van der Waals surface area contributed by atoms with Crippen molar-refractivity contribution in [1.29, 1.82) is 0 Å². The van der Waals surface area contributed by atoms with Crippen molar-refractivity contribution in [3.8, 4) is 0 Å². The Bertz CT molecular complexity index is 145. The largest absolute Gasteiger partial charge is 0.114 e. The monoisotopic (exact) mass is 430 g/mol. The van der Waals surface area contributed by atoms with Crippen LogP contribution in [0, 0.1) is 0 Å². The molecule has 0 N–H and O–H groups in total. The van der Waals surface area contributed by atoms with Crippen molar-refractivity contribution in [3.63, 3.8) is 0 Å². The van der Waals surface area contributed by atoms with Gasteiger partial charge in [-0.2, -0.15) is 0 Å². The Hall–Kier alpha value is 1.57. The molecule has 0 aliphatic heterocycles. The van der Waals surface area contributed by atoms with Crippen LogP contribution in [-0.4, -0.2) is 0 Å². The van der Waals surface area contributed by atoms with Gasteiger partial charge in [-0.1, -0.05) is 30.3 Å². The fourth-order valence-electron chi connectivity index (χ4n) is 0.453. The van der Waals surface area contributed by atoms with E-state index < -0.39 is 0 Å². The van der Waals surface area contributed by atoms with Gasteiger partial charge in [0.15, 0.2) is 0 Å². The predicted molar refractivity (Wildman–Crippen MR) is 77.1 cm³/mol. The number of halogens is 4. The standard InChI is InChI=1S/C6H7P.4BrH/c7-6-4-2-1-3-5-6;;;;/h1-5H,7H2;4*1H. The van der Waals surface area contributed by atoms with Gasteiger partial charge in [0, 0.05) is 0 Å².